The number of carbonyl (C=O) groups is 1. The summed E-state index contributed by atoms with van der Waals surface area (Å²) < 4.78 is 25.9. The second-order valence-corrected chi connectivity index (χ2v) is 7.44. The lowest BCUT2D eigenvalue weighted by molar-refractivity contribution is -0.137. The third kappa shape index (κ3) is 4.17. The van der Waals surface area contributed by atoms with Gasteiger partial charge in [-0.15, -0.1) is 11.3 Å². The van der Waals surface area contributed by atoms with Crippen molar-refractivity contribution in [2.24, 2.45) is 0 Å². The molecule has 106 valence electrons. The van der Waals surface area contributed by atoms with Crippen molar-refractivity contribution in [3.8, 4) is 0 Å². The van der Waals surface area contributed by atoms with E-state index in [0.717, 1.165) is 36.3 Å². The van der Waals surface area contributed by atoms with E-state index in [4.69, 9.17) is 5.11 Å². The summed E-state index contributed by atoms with van der Waals surface area (Å²) in [4.78, 5) is 15.8. The molecule has 0 fully saturated rings. The first-order valence-corrected chi connectivity index (χ1v) is 8.64. The molecular weight excluding hydrogens is 288 g/mol. The predicted octanol–water partition coefficient (Wildman–Crippen LogP) is 1.63. The lowest BCUT2D eigenvalue weighted by atomic mass is 10.0. The maximum absolute atomic E-state index is 11.8. The van der Waals surface area contributed by atoms with Gasteiger partial charge in [0.1, 0.15) is 0 Å². The zero-order valence-corrected chi connectivity index (χ0v) is 12.0. The number of rotatable bonds is 6. The number of sulfonamides is 1. The molecule has 0 saturated heterocycles. The fourth-order valence-electron chi connectivity index (χ4n) is 1.99. The number of carboxylic acid groups (broad SMARTS) is 1. The van der Waals surface area contributed by atoms with Gasteiger partial charge in [-0.05, 0) is 32.1 Å². The van der Waals surface area contributed by atoms with Crippen molar-refractivity contribution in [3.63, 3.8) is 0 Å². The molecule has 0 amide bonds. The van der Waals surface area contributed by atoms with E-state index in [1.165, 1.54) is 11.3 Å². The highest BCUT2D eigenvalue weighted by Gasteiger charge is 2.18. The summed E-state index contributed by atoms with van der Waals surface area (Å²) in [5.74, 6) is -1.18. The molecule has 0 bridgehead atoms. The number of aliphatic carboxylic acids is 1. The average molecular weight is 304 g/mol. The van der Waals surface area contributed by atoms with Crippen molar-refractivity contribution in [1.29, 1.82) is 0 Å². The summed E-state index contributed by atoms with van der Waals surface area (Å²) >= 11 is 1.38. The molecule has 6 nitrogen and oxygen atoms in total. The van der Waals surface area contributed by atoms with Crippen LogP contribution in [-0.2, 0) is 27.7 Å². The van der Waals surface area contributed by atoms with Gasteiger partial charge < -0.3 is 5.11 Å². The third-order valence-corrected chi connectivity index (χ3v) is 5.42. The van der Waals surface area contributed by atoms with Crippen LogP contribution in [0, 0.1) is 0 Å². The molecule has 2 N–H and O–H groups in total. The van der Waals surface area contributed by atoms with E-state index in [-0.39, 0.29) is 18.6 Å². The number of hydrogen-bond acceptors (Lipinski definition) is 5. The molecule has 1 aliphatic carbocycles. The van der Waals surface area contributed by atoms with E-state index >= 15 is 0 Å². The maximum Gasteiger partial charge on any atom is 0.303 e. The highest BCUT2D eigenvalue weighted by molar-refractivity contribution is 7.92. The first-order chi connectivity index (χ1) is 8.96. The Morgan fingerprint density at radius 1 is 1.37 bits per heavy atom. The molecule has 0 atom stereocenters. The van der Waals surface area contributed by atoms with Gasteiger partial charge in [-0.25, -0.2) is 13.4 Å². The Morgan fingerprint density at radius 2 is 2.11 bits per heavy atom. The Balaban J connectivity index is 1.95. The van der Waals surface area contributed by atoms with Crippen LogP contribution in [0.25, 0.3) is 0 Å². The van der Waals surface area contributed by atoms with Crippen molar-refractivity contribution < 1.29 is 18.3 Å². The van der Waals surface area contributed by atoms with E-state index < -0.39 is 16.0 Å². The van der Waals surface area contributed by atoms with Crippen LogP contribution in [0.5, 0.6) is 0 Å². The molecule has 0 unspecified atom stereocenters. The molecule has 19 heavy (non-hydrogen) atoms. The average Bonchev–Trinajstić information content (AvgIpc) is 2.68. The molecule has 0 aliphatic heterocycles. The standard InChI is InChI=1S/C11H16N2O4S2/c14-10(15)6-3-7-19(16,17)13-11-12-8-4-1-2-5-9(8)18-11/h1-7H2,(H,12,13)(H,14,15). The van der Waals surface area contributed by atoms with Crippen LogP contribution in [0.4, 0.5) is 5.13 Å². The van der Waals surface area contributed by atoms with Crippen LogP contribution in [0.3, 0.4) is 0 Å². The summed E-state index contributed by atoms with van der Waals surface area (Å²) in [7, 11) is -3.50. The molecule has 8 heteroatoms. The zero-order valence-electron chi connectivity index (χ0n) is 10.4. The minimum Gasteiger partial charge on any atom is -0.481 e. The van der Waals surface area contributed by atoms with Gasteiger partial charge in [0, 0.05) is 11.3 Å². The third-order valence-electron chi connectivity index (χ3n) is 2.89. The number of aromatic nitrogens is 1. The number of aryl methyl sites for hydroxylation is 2. The molecule has 0 aromatic carbocycles. The fraction of sp³-hybridized carbons (Fsp3) is 0.636. The van der Waals surface area contributed by atoms with Gasteiger partial charge in [0.2, 0.25) is 10.0 Å². The molecular formula is C11H16N2O4S2. The van der Waals surface area contributed by atoms with E-state index in [0.29, 0.717) is 5.13 Å². The number of anilines is 1. The van der Waals surface area contributed by atoms with Crippen LogP contribution < -0.4 is 4.72 Å². The molecule has 1 aromatic heterocycles. The van der Waals surface area contributed by atoms with Crippen molar-refractivity contribution in [2.45, 2.75) is 38.5 Å². The van der Waals surface area contributed by atoms with Gasteiger partial charge in [-0.3, -0.25) is 9.52 Å². The molecule has 1 aromatic rings. The Kier molecular flexibility index (Phi) is 4.41. The number of carboxylic acids is 1. The Bertz CT molecular complexity index is 542. The second-order valence-electron chi connectivity index (χ2n) is 4.51. The van der Waals surface area contributed by atoms with E-state index in [2.05, 4.69) is 9.71 Å². The van der Waals surface area contributed by atoms with E-state index in [1.54, 1.807) is 0 Å². The Labute approximate surface area is 115 Å². The molecule has 2 rings (SSSR count). The van der Waals surface area contributed by atoms with Gasteiger partial charge in [0.25, 0.3) is 0 Å². The molecule has 0 saturated carbocycles. The second kappa shape index (κ2) is 5.87. The smallest absolute Gasteiger partial charge is 0.303 e. The number of nitrogens with zero attached hydrogens (tertiary/aromatic N) is 1. The predicted molar refractivity (Wildman–Crippen MR) is 73.0 cm³/mol. The lowest BCUT2D eigenvalue weighted by Gasteiger charge is -2.06. The first kappa shape index (κ1) is 14.3. The van der Waals surface area contributed by atoms with Crippen LogP contribution in [0.15, 0.2) is 0 Å². The van der Waals surface area contributed by atoms with Crippen molar-refractivity contribution in [2.75, 3.05) is 10.5 Å². The van der Waals surface area contributed by atoms with Crippen LogP contribution in [0.1, 0.15) is 36.3 Å². The monoisotopic (exact) mass is 304 g/mol. The SMILES string of the molecule is O=C(O)CCCS(=O)(=O)Nc1nc2c(s1)CCCC2. The molecule has 0 spiro atoms. The molecule has 0 radical (unpaired) electrons. The first-order valence-electron chi connectivity index (χ1n) is 6.17. The van der Waals surface area contributed by atoms with E-state index in [1.807, 2.05) is 0 Å². The normalized spacial score (nSPS) is 14.9. The highest BCUT2D eigenvalue weighted by atomic mass is 32.2. The summed E-state index contributed by atoms with van der Waals surface area (Å²) in [6, 6.07) is 0. The topological polar surface area (TPSA) is 96.4 Å². The van der Waals surface area contributed by atoms with Crippen molar-refractivity contribution in [3.05, 3.63) is 10.6 Å². The van der Waals surface area contributed by atoms with Gasteiger partial charge in [0.15, 0.2) is 5.13 Å². The Morgan fingerprint density at radius 3 is 2.79 bits per heavy atom. The summed E-state index contributed by atoms with van der Waals surface area (Å²) in [5, 5.41) is 8.89. The quantitative estimate of drug-likeness (QED) is 0.832. The van der Waals surface area contributed by atoms with Crippen LogP contribution in [0.2, 0.25) is 0 Å². The van der Waals surface area contributed by atoms with Crippen molar-refractivity contribution >= 4 is 32.5 Å². The molecule has 1 heterocycles. The van der Waals surface area contributed by atoms with Crippen LogP contribution >= 0.6 is 11.3 Å². The largest absolute Gasteiger partial charge is 0.481 e. The summed E-state index contributed by atoms with van der Waals surface area (Å²) in [6.45, 7) is 0. The van der Waals surface area contributed by atoms with Gasteiger partial charge >= 0.3 is 5.97 Å². The summed E-state index contributed by atoms with van der Waals surface area (Å²) in [6.07, 6.45) is 4.06. The number of fused-ring (bicyclic) bond motifs is 1. The Hall–Kier alpha value is -1.15. The van der Waals surface area contributed by atoms with E-state index in [9.17, 15) is 13.2 Å². The van der Waals surface area contributed by atoms with Gasteiger partial charge in [-0.2, -0.15) is 0 Å². The minimum absolute atomic E-state index is 0.107. The van der Waals surface area contributed by atoms with Gasteiger partial charge in [0.05, 0.1) is 11.4 Å². The fourth-order valence-corrected chi connectivity index (χ4v) is 4.38. The zero-order chi connectivity index (χ0) is 13.9. The summed E-state index contributed by atoms with van der Waals surface area (Å²) in [5.41, 5.74) is 1.000. The number of nitrogens with one attached hydrogen (secondary N) is 1. The van der Waals surface area contributed by atoms with Crippen molar-refractivity contribution in [1.82, 2.24) is 4.98 Å². The lowest BCUT2D eigenvalue weighted by Crippen LogP contribution is -2.17. The minimum atomic E-state index is -3.50. The molecule has 1 aliphatic rings. The van der Waals surface area contributed by atoms with Gasteiger partial charge in [-0.1, -0.05) is 0 Å². The number of thiazole rings is 1. The highest BCUT2D eigenvalue weighted by Crippen LogP contribution is 2.30. The number of hydrogen-bond donors (Lipinski definition) is 2. The maximum atomic E-state index is 11.8. The van der Waals surface area contributed by atoms with Crippen LogP contribution in [-0.4, -0.2) is 30.2 Å².